The molecular weight excluding hydrogens is 355 g/mol. The van der Waals surface area contributed by atoms with Crippen LogP contribution in [0.1, 0.15) is 36.0 Å². The molecule has 1 heterocycles. The van der Waals surface area contributed by atoms with Gasteiger partial charge >= 0.3 is 0 Å². The Morgan fingerprint density at radius 2 is 1.92 bits per heavy atom. The van der Waals surface area contributed by atoms with Crippen LogP contribution in [0.2, 0.25) is 5.02 Å². The summed E-state index contributed by atoms with van der Waals surface area (Å²) in [5, 5.41) is 0.0387. The fourth-order valence-electron chi connectivity index (χ4n) is 3.39. The summed E-state index contributed by atoms with van der Waals surface area (Å²) in [5.41, 5.74) is 7.37. The minimum absolute atomic E-state index is 0.0387. The lowest BCUT2D eigenvalue weighted by Crippen LogP contribution is -2.45. The third kappa shape index (κ3) is 4.05. The van der Waals surface area contributed by atoms with Crippen molar-refractivity contribution in [1.82, 2.24) is 4.90 Å². The highest BCUT2D eigenvalue weighted by atomic mass is 35.5. The first kappa shape index (κ1) is 18.4. The summed E-state index contributed by atoms with van der Waals surface area (Å²) in [5.74, 6) is -0.999. The van der Waals surface area contributed by atoms with Gasteiger partial charge in [0, 0.05) is 24.6 Å². The van der Waals surface area contributed by atoms with Gasteiger partial charge in [0.25, 0.3) is 5.91 Å². The topological polar surface area (TPSA) is 63.4 Å². The van der Waals surface area contributed by atoms with Crippen molar-refractivity contribution in [1.29, 1.82) is 0 Å². The van der Waals surface area contributed by atoms with E-state index in [0.29, 0.717) is 12.1 Å². The molecule has 136 valence electrons. The molecule has 3 rings (SSSR count). The molecule has 4 nitrogen and oxygen atoms in total. The van der Waals surface area contributed by atoms with Crippen LogP contribution in [0.25, 0.3) is 11.1 Å². The van der Waals surface area contributed by atoms with Crippen LogP contribution < -0.4 is 5.73 Å². The van der Waals surface area contributed by atoms with E-state index >= 15 is 0 Å². The Labute approximate surface area is 156 Å². The van der Waals surface area contributed by atoms with Gasteiger partial charge in [-0.3, -0.25) is 9.59 Å². The smallest absolute Gasteiger partial charge is 0.254 e. The molecule has 2 aromatic carbocycles. The molecule has 0 radical (unpaired) electrons. The van der Waals surface area contributed by atoms with Gasteiger partial charge in [0.05, 0.1) is 5.02 Å². The number of piperidine rings is 1. The van der Waals surface area contributed by atoms with E-state index in [4.69, 9.17) is 17.3 Å². The number of carbonyl (C=O) groups excluding carboxylic acids is 2. The summed E-state index contributed by atoms with van der Waals surface area (Å²) in [6.45, 7) is 0.614. The van der Waals surface area contributed by atoms with Gasteiger partial charge in [0.15, 0.2) is 0 Å². The zero-order chi connectivity index (χ0) is 18.7. The van der Waals surface area contributed by atoms with Crippen LogP contribution in [0.3, 0.4) is 0 Å². The van der Waals surface area contributed by atoms with Crippen molar-refractivity contribution >= 4 is 23.4 Å². The van der Waals surface area contributed by atoms with Crippen molar-refractivity contribution in [2.45, 2.75) is 31.7 Å². The van der Waals surface area contributed by atoms with E-state index in [1.54, 1.807) is 29.2 Å². The first-order valence-corrected chi connectivity index (χ1v) is 8.98. The zero-order valence-corrected chi connectivity index (χ0v) is 15.0. The molecule has 1 atom stereocenters. The second-order valence-electron chi connectivity index (χ2n) is 6.53. The highest BCUT2D eigenvalue weighted by Crippen LogP contribution is 2.27. The van der Waals surface area contributed by atoms with Crippen molar-refractivity contribution in [3.63, 3.8) is 0 Å². The molecule has 0 aliphatic carbocycles. The average molecular weight is 375 g/mol. The van der Waals surface area contributed by atoms with Gasteiger partial charge in [-0.05, 0) is 54.7 Å². The van der Waals surface area contributed by atoms with Crippen LogP contribution >= 0.6 is 11.6 Å². The number of benzene rings is 2. The summed E-state index contributed by atoms with van der Waals surface area (Å²) in [7, 11) is 0. The molecule has 0 unspecified atom stereocenters. The molecule has 26 heavy (non-hydrogen) atoms. The molecule has 2 aromatic rings. The van der Waals surface area contributed by atoms with Gasteiger partial charge in [-0.25, -0.2) is 4.39 Å². The summed E-state index contributed by atoms with van der Waals surface area (Å²) in [4.78, 5) is 26.0. The van der Waals surface area contributed by atoms with Crippen molar-refractivity contribution in [2.24, 2.45) is 5.73 Å². The van der Waals surface area contributed by atoms with Gasteiger partial charge in [0.2, 0.25) is 5.91 Å². The van der Waals surface area contributed by atoms with Crippen molar-refractivity contribution in [3.05, 3.63) is 58.9 Å². The number of rotatable bonds is 4. The monoisotopic (exact) mass is 374 g/mol. The molecule has 2 N–H and O–H groups in total. The van der Waals surface area contributed by atoms with E-state index in [1.807, 2.05) is 6.07 Å². The molecule has 1 aliphatic heterocycles. The number of likely N-dealkylation sites (tertiary alicyclic amines) is 1. The number of nitrogens with zero attached hydrogens (tertiary/aromatic N) is 1. The Kier molecular flexibility index (Phi) is 5.57. The van der Waals surface area contributed by atoms with E-state index < -0.39 is 11.7 Å². The summed E-state index contributed by atoms with van der Waals surface area (Å²) in [6.07, 6.45) is 2.85. The lowest BCUT2D eigenvalue weighted by atomic mass is 9.97. The van der Waals surface area contributed by atoms with Crippen LogP contribution in [0, 0.1) is 5.82 Å². The molecule has 6 heteroatoms. The number of amides is 2. The highest BCUT2D eigenvalue weighted by Gasteiger charge is 2.28. The molecule has 1 fully saturated rings. The Balaban J connectivity index is 1.87. The van der Waals surface area contributed by atoms with Gasteiger partial charge < -0.3 is 10.6 Å². The highest BCUT2D eigenvalue weighted by molar-refractivity contribution is 6.31. The molecule has 0 aromatic heterocycles. The predicted octanol–water partition coefficient (Wildman–Crippen LogP) is 4.02. The maximum atomic E-state index is 13.4. The lowest BCUT2D eigenvalue weighted by Gasteiger charge is -2.35. The maximum Gasteiger partial charge on any atom is 0.254 e. The fourth-order valence-corrected chi connectivity index (χ4v) is 3.57. The summed E-state index contributed by atoms with van der Waals surface area (Å²) < 4.78 is 13.4. The molecule has 0 bridgehead atoms. The van der Waals surface area contributed by atoms with Crippen molar-refractivity contribution in [3.8, 4) is 11.1 Å². The standard InChI is InChI=1S/C20H20ClFN2O2/c21-17-11-14(7-8-18(17)22)13-4-3-5-15(10-13)20(26)24-9-2-1-6-16(24)12-19(23)25/h3-5,7-8,10-11,16H,1-2,6,9,12H2,(H2,23,25)/t16-/m1/s1. The molecule has 1 aliphatic rings. The fraction of sp³-hybridized carbons (Fsp3) is 0.300. The third-order valence-corrected chi connectivity index (χ3v) is 4.98. The van der Waals surface area contributed by atoms with Crippen molar-refractivity contribution in [2.75, 3.05) is 6.54 Å². The Bertz CT molecular complexity index is 840. The second-order valence-corrected chi connectivity index (χ2v) is 6.94. The van der Waals surface area contributed by atoms with E-state index in [0.717, 1.165) is 30.4 Å². The van der Waals surface area contributed by atoms with Crippen LogP contribution in [0.5, 0.6) is 0 Å². The summed E-state index contributed by atoms with van der Waals surface area (Å²) in [6, 6.07) is 11.5. The van der Waals surface area contributed by atoms with Gasteiger partial charge in [-0.2, -0.15) is 0 Å². The van der Waals surface area contributed by atoms with Crippen LogP contribution in [0.4, 0.5) is 4.39 Å². The average Bonchev–Trinajstić information content (AvgIpc) is 2.63. The number of carbonyl (C=O) groups is 2. The summed E-state index contributed by atoms with van der Waals surface area (Å²) >= 11 is 5.86. The van der Waals surface area contributed by atoms with Gasteiger partial charge in [0.1, 0.15) is 5.82 Å². The Morgan fingerprint density at radius 1 is 1.15 bits per heavy atom. The van der Waals surface area contributed by atoms with E-state index in [2.05, 4.69) is 0 Å². The number of nitrogens with two attached hydrogens (primary N) is 1. The number of hydrogen-bond donors (Lipinski definition) is 1. The first-order chi connectivity index (χ1) is 12.5. The van der Waals surface area contributed by atoms with E-state index in [-0.39, 0.29) is 23.4 Å². The largest absolute Gasteiger partial charge is 0.370 e. The second kappa shape index (κ2) is 7.87. The van der Waals surface area contributed by atoms with Crippen molar-refractivity contribution < 1.29 is 14.0 Å². The van der Waals surface area contributed by atoms with Gasteiger partial charge in [-0.15, -0.1) is 0 Å². The Morgan fingerprint density at radius 3 is 2.65 bits per heavy atom. The molecular formula is C20H20ClFN2O2. The molecule has 2 amide bonds. The number of hydrogen-bond acceptors (Lipinski definition) is 2. The molecule has 1 saturated heterocycles. The SMILES string of the molecule is NC(=O)C[C@H]1CCCCN1C(=O)c1cccc(-c2ccc(F)c(Cl)c2)c1. The lowest BCUT2D eigenvalue weighted by molar-refractivity contribution is -0.119. The van der Waals surface area contributed by atoms with Crippen LogP contribution in [0.15, 0.2) is 42.5 Å². The number of primary amides is 1. The predicted molar refractivity (Wildman–Crippen MR) is 99.3 cm³/mol. The first-order valence-electron chi connectivity index (χ1n) is 8.60. The maximum absolute atomic E-state index is 13.4. The Hall–Kier alpha value is -2.40. The van der Waals surface area contributed by atoms with Crippen LogP contribution in [-0.4, -0.2) is 29.3 Å². The normalized spacial score (nSPS) is 17.2. The number of halogens is 2. The molecule has 0 spiro atoms. The minimum atomic E-state index is -0.481. The van der Waals surface area contributed by atoms with E-state index in [1.165, 1.54) is 12.1 Å². The zero-order valence-electron chi connectivity index (χ0n) is 14.3. The van der Waals surface area contributed by atoms with E-state index in [9.17, 15) is 14.0 Å². The quantitative estimate of drug-likeness (QED) is 0.878. The minimum Gasteiger partial charge on any atom is -0.370 e. The van der Waals surface area contributed by atoms with Crippen LogP contribution in [-0.2, 0) is 4.79 Å². The molecule has 0 saturated carbocycles. The van der Waals surface area contributed by atoms with Gasteiger partial charge in [-0.1, -0.05) is 29.8 Å². The third-order valence-electron chi connectivity index (χ3n) is 4.69.